The molecule has 4 nitrogen and oxygen atoms in total. The number of hydrogen-bond acceptors (Lipinski definition) is 4. The van der Waals surface area contributed by atoms with E-state index in [1.165, 1.54) is 0 Å². The Morgan fingerprint density at radius 3 is 3.11 bits per heavy atom. The molecule has 0 radical (unpaired) electrons. The molecule has 1 unspecified atom stereocenters. The molecule has 1 saturated carbocycles. The van der Waals surface area contributed by atoms with E-state index in [-0.39, 0.29) is 11.8 Å². The predicted octanol–water partition coefficient (Wildman–Crippen LogP) is 1.19. The molecule has 1 amide bonds. The topological polar surface area (TPSA) is 54.0 Å². The van der Waals surface area contributed by atoms with E-state index in [4.69, 9.17) is 0 Å². The van der Waals surface area contributed by atoms with Crippen LogP contribution in [-0.4, -0.2) is 30.5 Å². The van der Waals surface area contributed by atoms with Crippen molar-refractivity contribution >= 4 is 17.2 Å². The first-order valence-electron chi connectivity index (χ1n) is 6.67. The summed E-state index contributed by atoms with van der Waals surface area (Å²) in [7, 11) is 0. The van der Waals surface area contributed by atoms with Crippen molar-refractivity contribution in [2.24, 2.45) is 11.3 Å². The Bertz CT molecular complexity index is 412. The Morgan fingerprint density at radius 1 is 1.56 bits per heavy atom. The summed E-state index contributed by atoms with van der Waals surface area (Å²) in [5, 5.41) is 9.50. The molecule has 2 aliphatic rings. The highest BCUT2D eigenvalue weighted by Crippen LogP contribution is 2.58. The lowest BCUT2D eigenvalue weighted by atomic mass is 9.92. The number of carbonyl (C=O) groups is 1. The van der Waals surface area contributed by atoms with E-state index in [9.17, 15) is 4.79 Å². The number of piperidine rings is 1. The summed E-state index contributed by atoms with van der Waals surface area (Å²) in [5.74, 6) is 0.532. The van der Waals surface area contributed by atoms with Crippen LogP contribution in [0.1, 0.15) is 24.3 Å². The monoisotopic (exact) mass is 265 g/mol. The van der Waals surface area contributed by atoms with Crippen molar-refractivity contribution in [2.45, 2.75) is 25.7 Å². The minimum absolute atomic E-state index is 0.258. The summed E-state index contributed by atoms with van der Waals surface area (Å²) in [6, 6.07) is 0. The first kappa shape index (κ1) is 12.1. The van der Waals surface area contributed by atoms with Gasteiger partial charge in [0.25, 0.3) is 0 Å². The van der Waals surface area contributed by atoms with Crippen molar-refractivity contribution in [1.29, 1.82) is 0 Å². The molecule has 1 atom stereocenters. The van der Waals surface area contributed by atoms with Crippen LogP contribution in [0, 0.1) is 11.3 Å². The quantitative estimate of drug-likeness (QED) is 0.860. The molecular formula is C13H19N3OS. The van der Waals surface area contributed by atoms with Crippen molar-refractivity contribution in [3.63, 3.8) is 0 Å². The lowest BCUT2D eigenvalue weighted by Crippen LogP contribution is -2.34. The Balaban J connectivity index is 1.43. The van der Waals surface area contributed by atoms with Crippen molar-refractivity contribution in [3.05, 3.63) is 16.6 Å². The Morgan fingerprint density at radius 2 is 2.39 bits per heavy atom. The second-order valence-corrected chi connectivity index (χ2v) is 6.32. The van der Waals surface area contributed by atoms with Gasteiger partial charge in [-0.15, -0.1) is 11.3 Å². The zero-order chi connectivity index (χ0) is 12.4. The van der Waals surface area contributed by atoms with E-state index in [1.807, 2.05) is 11.6 Å². The molecule has 1 aromatic heterocycles. The summed E-state index contributed by atoms with van der Waals surface area (Å²) in [6.07, 6.45) is 6.09. The van der Waals surface area contributed by atoms with Gasteiger partial charge in [-0.2, -0.15) is 0 Å². The van der Waals surface area contributed by atoms with Crippen LogP contribution in [0.2, 0.25) is 0 Å². The van der Waals surface area contributed by atoms with Crippen LogP contribution < -0.4 is 10.6 Å². The molecule has 0 aromatic carbocycles. The molecule has 0 bridgehead atoms. The molecular weight excluding hydrogens is 246 g/mol. The number of nitrogens with zero attached hydrogens (tertiary/aromatic N) is 1. The minimum Gasteiger partial charge on any atom is -0.355 e. The summed E-state index contributed by atoms with van der Waals surface area (Å²) in [5.41, 5.74) is 0.344. The lowest BCUT2D eigenvalue weighted by Gasteiger charge is -2.23. The molecule has 2 heterocycles. The fourth-order valence-electron chi connectivity index (χ4n) is 2.99. The molecule has 2 fully saturated rings. The van der Waals surface area contributed by atoms with Gasteiger partial charge in [0.05, 0.1) is 5.01 Å². The number of hydrogen-bond donors (Lipinski definition) is 2. The van der Waals surface area contributed by atoms with Gasteiger partial charge in [-0.25, -0.2) is 4.98 Å². The van der Waals surface area contributed by atoms with Crippen molar-refractivity contribution in [2.75, 3.05) is 19.6 Å². The highest BCUT2D eigenvalue weighted by atomic mass is 32.1. The highest BCUT2D eigenvalue weighted by Gasteiger charge is 2.57. The van der Waals surface area contributed by atoms with E-state index in [2.05, 4.69) is 15.6 Å². The van der Waals surface area contributed by atoms with Crippen LogP contribution in [0.25, 0.3) is 0 Å². The molecule has 3 rings (SSSR count). The molecule has 1 aromatic rings. The summed E-state index contributed by atoms with van der Waals surface area (Å²) < 4.78 is 0. The van der Waals surface area contributed by atoms with E-state index in [1.54, 1.807) is 11.3 Å². The fourth-order valence-corrected chi connectivity index (χ4v) is 3.61. The van der Waals surface area contributed by atoms with Gasteiger partial charge in [0.2, 0.25) is 5.91 Å². The Kier molecular flexibility index (Phi) is 3.35. The lowest BCUT2D eigenvalue weighted by molar-refractivity contribution is -0.123. The van der Waals surface area contributed by atoms with Crippen molar-refractivity contribution in [1.82, 2.24) is 15.6 Å². The smallest absolute Gasteiger partial charge is 0.223 e. The van der Waals surface area contributed by atoms with Gasteiger partial charge in [0.1, 0.15) is 0 Å². The summed E-state index contributed by atoms with van der Waals surface area (Å²) in [6.45, 7) is 2.86. The second-order valence-electron chi connectivity index (χ2n) is 5.34. The standard InChI is InChI=1S/C13H19N3OS/c17-12(16-4-1-11-15-7-8-18-11)10-9-13(10)2-5-14-6-3-13/h7-8,10,14H,1-6,9H2,(H,16,17). The van der Waals surface area contributed by atoms with Gasteiger partial charge in [-0.1, -0.05) is 0 Å². The van der Waals surface area contributed by atoms with Crippen LogP contribution in [0.3, 0.4) is 0 Å². The molecule has 98 valence electrons. The largest absolute Gasteiger partial charge is 0.355 e. The molecule has 18 heavy (non-hydrogen) atoms. The summed E-state index contributed by atoms with van der Waals surface area (Å²) in [4.78, 5) is 16.3. The fraction of sp³-hybridized carbons (Fsp3) is 0.692. The number of amides is 1. The predicted molar refractivity (Wildman–Crippen MR) is 71.5 cm³/mol. The molecule has 1 spiro atoms. The van der Waals surface area contributed by atoms with Crippen molar-refractivity contribution < 1.29 is 4.79 Å². The maximum atomic E-state index is 12.1. The third-order valence-corrected chi connectivity index (χ3v) is 5.07. The number of thiazole rings is 1. The van der Waals surface area contributed by atoms with Gasteiger partial charge in [0, 0.05) is 30.5 Å². The zero-order valence-corrected chi connectivity index (χ0v) is 11.3. The van der Waals surface area contributed by atoms with Crippen LogP contribution in [0.15, 0.2) is 11.6 Å². The number of aromatic nitrogens is 1. The molecule has 1 aliphatic carbocycles. The van der Waals surface area contributed by atoms with Gasteiger partial charge >= 0.3 is 0 Å². The van der Waals surface area contributed by atoms with E-state index in [0.717, 1.165) is 50.3 Å². The normalized spacial score (nSPS) is 25.0. The van der Waals surface area contributed by atoms with Crippen LogP contribution >= 0.6 is 11.3 Å². The third kappa shape index (κ3) is 2.42. The number of nitrogens with one attached hydrogen (secondary N) is 2. The average Bonchev–Trinajstić information content (AvgIpc) is 2.85. The Labute approximate surface area is 111 Å². The first-order chi connectivity index (χ1) is 8.80. The van der Waals surface area contributed by atoms with Gasteiger partial charge in [0.15, 0.2) is 0 Å². The van der Waals surface area contributed by atoms with Crippen LogP contribution in [0.4, 0.5) is 0 Å². The van der Waals surface area contributed by atoms with Crippen molar-refractivity contribution in [3.8, 4) is 0 Å². The van der Waals surface area contributed by atoms with Crippen LogP contribution in [-0.2, 0) is 11.2 Å². The SMILES string of the molecule is O=C(NCCc1nccs1)C1CC12CCNCC2. The van der Waals surface area contributed by atoms with Crippen LogP contribution in [0.5, 0.6) is 0 Å². The second kappa shape index (κ2) is 4.97. The molecule has 5 heteroatoms. The molecule has 2 N–H and O–H groups in total. The maximum Gasteiger partial charge on any atom is 0.223 e. The van der Waals surface area contributed by atoms with Gasteiger partial charge < -0.3 is 10.6 Å². The number of rotatable bonds is 4. The molecule has 1 saturated heterocycles. The first-order valence-corrected chi connectivity index (χ1v) is 7.55. The highest BCUT2D eigenvalue weighted by molar-refractivity contribution is 7.09. The van der Waals surface area contributed by atoms with Gasteiger partial charge in [-0.3, -0.25) is 4.79 Å². The van der Waals surface area contributed by atoms with E-state index in [0.29, 0.717) is 5.41 Å². The zero-order valence-electron chi connectivity index (χ0n) is 10.4. The van der Waals surface area contributed by atoms with E-state index < -0.39 is 0 Å². The Hall–Kier alpha value is -0.940. The third-order valence-electron chi connectivity index (χ3n) is 4.23. The van der Waals surface area contributed by atoms with Gasteiger partial charge in [-0.05, 0) is 37.8 Å². The molecule has 1 aliphatic heterocycles. The summed E-state index contributed by atoms with van der Waals surface area (Å²) >= 11 is 1.65. The maximum absolute atomic E-state index is 12.1. The number of carbonyl (C=O) groups excluding carboxylic acids is 1. The minimum atomic E-state index is 0.258. The van der Waals surface area contributed by atoms with E-state index >= 15 is 0 Å². The average molecular weight is 265 g/mol.